The first kappa shape index (κ1) is 18.7. The van der Waals surface area contributed by atoms with E-state index in [4.69, 9.17) is 9.47 Å². The maximum absolute atomic E-state index is 12.8. The summed E-state index contributed by atoms with van der Waals surface area (Å²) in [5, 5.41) is 5.59. The Morgan fingerprint density at radius 3 is 2.67 bits per heavy atom. The van der Waals surface area contributed by atoms with E-state index < -0.39 is 10.0 Å². The maximum atomic E-state index is 12.8. The molecule has 1 amide bonds. The van der Waals surface area contributed by atoms with Crippen LogP contribution in [0.3, 0.4) is 0 Å². The van der Waals surface area contributed by atoms with Gasteiger partial charge >= 0.3 is 0 Å². The molecule has 2 N–H and O–H groups in total. The van der Waals surface area contributed by atoms with E-state index in [9.17, 15) is 13.2 Å². The predicted octanol–water partition coefficient (Wildman–Crippen LogP) is 0.264. The molecule has 0 saturated carbocycles. The van der Waals surface area contributed by atoms with E-state index in [1.54, 1.807) is 19.2 Å². The van der Waals surface area contributed by atoms with Gasteiger partial charge < -0.3 is 20.1 Å². The minimum atomic E-state index is -3.72. The fourth-order valence-electron chi connectivity index (χ4n) is 2.34. The van der Waals surface area contributed by atoms with Gasteiger partial charge in [0.1, 0.15) is 10.6 Å². The summed E-state index contributed by atoms with van der Waals surface area (Å²) >= 11 is 0. The van der Waals surface area contributed by atoms with Gasteiger partial charge in [-0.05, 0) is 25.2 Å². The van der Waals surface area contributed by atoms with Gasteiger partial charge in [0.2, 0.25) is 15.9 Å². The second kappa shape index (κ2) is 8.43. The van der Waals surface area contributed by atoms with Gasteiger partial charge in [-0.3, -0.25) is 4.79 Å². The molecule has 0 atom stereocenters. The Hall–Kier alpha value is -1.68. The molecular weight excluding hydrogens is 334 g/mol. The van der Waals surface area contributed by atoms with Gasteiger partial charge in [-0.2, -0.15) is 4.31 Å². The highest BCUT2D eigenvalue weighted by Crippen LogP contribution is 2.30. The summed E-state index contributed by atoms with van der Waals surface area (Å²) in [6, 6.07) is 4.59. The van der Waals surface area contributed by atoms with Gasteiger partial charge in [0, 0.05) is 31.7 Å². The van der Waals surface area contributed by atoms with Crippen LogP contribution < -0.4 is 15.4 Å². The molecule has 1 aliphatic rings. The van der Waals surface area contributed by atoms with Crippen LogP contribution in [0.15, 0.2) is 23.1 Å². The average molecular weight is 357 g/mol. The van der Waals surface area contributed by atoms with Crippen molar-refractivity contribution in [2.24, 2.45) is 0 Å². The predicted molar refractivity (Wildman–Crippen MR) is 89.7 cm³/mol. The monoisotopic (exact) mass is 357 g/mol. The van der Waals surface area contributed by atoms with Gasteiger partial charge in [0.15, 0.2) is 0 Å². The van der Waals surface area contributed by atoms with Crippen LogP contribution in [0, 0.1) is 0 Å². The van der Waals surface area contributed by atoms with Gasteiger partial charge in [0.05, 0.1) is 20.3 Å². The van der Waals surface area contributed by atoms with Crippen molar-refractivity contribution in [2.75, 3.05) is 52.3 Å². The third-order valence-corrected chi connectivity index (χ3v) is 5.56. The molecule has 1 aromatic carbocycles. The van der Waals surface area contributed by atoms with E-state index in [0.717, 1.165) is 0 Å². The Kier molecular flexibility index (Phi) is 6.55. The van der Waals surface area contributed by atoms with Crippen molar-refractivity contribution in [2.45, 2.75) is 11.3 Å². The summed E-state index contributed by atoms with van der Waals surface area (Å²) in [5.41, 5.74) is 0.420. The van der Waals surface area contributed by atoms with E-state index >= 15 is 0 Å². The third kappa shape index (κ3) is 4.44. The standard InChI is InChI=1S/C15H23N3O5S/c1-16-6-5-15(19)17-12-3-4-13(22-2)14(11-12)24(20,21)18-7-9-23-10-8-18/h3-4,11,16H,5-10H2,1-2H3,(H,17,19). The summed E-state index contributed by atoms with van der Waals surface area (Å²) in [5.74, 6) is 0.0546. The Morgan fingerprint density at radius 2 is 2.04 bits per heavy atom. The molecule has 0 unspecified atom stereocenters. The van der Waals surface area contributed by atoms with Crippen LogP contribution in [0.4, 0.5) is 5.69 Å². The van der Waals surface area contributed by atoms with Gasteiger partial charge in [-0.1, -0.05) is 0 Å². The van der Waals surface area contributed by atoms with Crippen LogP contribution in [0.2, 0.25) is 0 Å². The fourth-order valence-corrected chi connectivity index (χ4v) is 3.93. The molecular formula is C15H23N3O5S. The van der Waals surface area contributed by atoms with E-state index in [1.807, 2.05) is 0 Å². The number of nitrogens with zero attached hydrogens (tertiary/aromatic N) is 1. The number of benzene rings is 1. The quantitative estimate of drug-likeness (QED) is 0.727. The zero-order valence-corrected chi connectivity index (χ0v) is 14.7. The number of morpholine rings is 1. The normalized spacial score (nSPS) is 15.9. The summed E-state index contributed by atoms with van der Waals surface area (Å²) in [6.45, 7) is 1.86. The Balaban J connectivity index is 2.26. The molecule has 2 rings (SSSR count). The van der Waals surface area contributed by atoms with Crippen molar-refractivity contribution in [1.82, 2.24) is 9.62 Å². The Labute approximate surface area is 142 Å². The number of hydrogen-bond acceptors (Lipinski definition) is 6. The first-order valence-corrected chi connectivity index (χ1v) is 9.13. The average Bonchev–Trinajstić information content (AvgIpc) is 2.60. The molecule has 134 valence electrons. The maximum Gasteiger partial charge on any atom is 0.246 e. The number of carbonyl (C=O) groups is 1. The highest BCUT2D eigenvalue weighted by Gasteiger charge is 2.29. The van der Waals surface area contributed by atoms with Crippen molar-refractivity contribution >= 4 is 21.6 Å². The van der Waals surface area contributed by atoms with Crippen LogP contribution in [0.1, 0.15) is 6.42 Å². The van der Waals surface area contributed by atoms with Crippen LogP contribution in [-0.4, -0.2) is 65.6 Å². The van der Waals surface area contributed by atoms with Crippen LogP contribution >= 0.6 is 0 Å². The molecule has 9 heteroatoms. The van der Waals surface area contributed by atoms with Crippen molar-refractivity contribution in [3.8, 4) is 5.75 Å². The van der Waals surface area contributed by atoms with E-state index in [-0.39, 0.29) is 16.6 Å². The van der Waals surface area contributed by atoms with E-state index in [2.05, 4.69) is 10.6 Å². The molecule has 8 nitrogen and oxygen atoms in total. The van der Waals surface area contributed by atoms with Gasteiger partial charge in [-0.15, -0.1) is 0 Å². The minimum absolute atomic E-state index is 0.0401. The number of amides is 1. The summed E-state index contributed by atoms with van der Waals surface area (Å²) < 4.78 is 37.4. The molecule has 0 spiro atoms. The molecule has 1 aromatic rings. The van der Waals surface area contributed by atoms with Crippen molar-refractivity contribution in [3.05, 3.63) is 18.2 Å². The van der Waals surface area contributed by atoms with Crippen LogP contribution in [-0.2, 0) is 19.6 Å². The molecule has 0 bridgehead atoms. The third-order valence-electron chi connectivity index (χ3n) is 3.64. The number of rotatable bonds is 7. The lowest BCUT2D eigenvalue weighted by Crippen LogP contribution is -2.40. The van der Waals surface area contributed by atoms with Crippen LogP contribution in [0.25, 0.3) is 0 Å². The zero-order valence-electron chi connectivity index (χ0n) is 13.9. The molecule has 1 heterocycles. The lowest BCUT2D eigenvalue weighted by molar-refractivity contribution is -0.116. The molecule has 24 heavy (non-hydrogen) atoms. The molecule has 0 aliphatic carbocycles. The summed E-state index contributed by atoms with van der Waals surface area (Å²) in [4.78, 5) is 11.9. The number of anilines is 1. The lowest BCUT2D eigenvalue weighted by Gasteiger charge is -2.26. The molecule has 1 aliphatic heterocycles. The Morgan fingerprint density at radius 1 is 1.33 bits per heavy atom. The summed E-state index contributed by atoms with van der Waals surface area (Å²) in [7, 11) is -0.542. The number of nitrogens with one attached hydrogen (secondary N) is 2. The lowest BCUT2D eigenvalue weighted by atomic mass is 10.3. The largest absolute Gasteiger partial charge is 0.495 e. The molecule has 0 aromatic heterocycles. The highest BCUT2D eigenvalue weighted by atomic mass is 32.2. The van der Waals surface area contributed by atoms with Crippen molar-refractivity contribution in [1.29, 1.82) is 0 Å². The Bertz CT molecular complexity index is 672. The first-order chi connectivity index (χ1) is 11.5. The van der Waals surface area contributed by atoms with Crippen molar-refractivity contribution in [3.63, 3.8) is 0 Å². The first-order valence-electron chi connectivity index (χ1n) is 7.69. The van der Waals surface area contributed by atoms with Gasteiger partial charge in [-0.25, -0.2) is 8.42 Å². The minimum Gasteiger partial charge on any atom is -0.495 e. The van der Waals surface area contributed by atoms with Crippen LogP contribution in [0.5, 0.6) is 5.75 Å². The number of sulfonamides is 1. The SMILES string of the molecule is CNCCC(=O)Nc1ccc(OC)c(S(=O)(=O)N2CCOCC2)c1. The van der Waals surface area contributed by atoms with Crippen molar-refractivity contribution < 1.29 is 22.7 Å². The molecule has 1 fully saturated rings. The second-order valence-electron chi connectivity index (χ2n) is 5.28. The van der Waals surface area contributed by atoms with Gasteiger partial charge in [0.25, 0.3) is 0 Å². The zero-order chi connectivity index (χ0) is 17.6. The number of carbonyl (C=O) groups excluding carboxylic acids is 1. The number of ether oxygens (including phenoxy) is 2. The second-order valence-corrected chi connectivity index (χ2v) is 7.19. The number of methoxy groups -OCH3 is 1. The topological polar surface area (TPSA) is 97.0 Å². The fraction of sp³-hybridized carbons (Fsp3) is 0.533. The van der Waals surface area contributed by atoms with E-state index in [0.29, 0.717) is 45.0 Å². The molecule has 1 saturated heterocycles. The molecule has 0 radical (unpaired) electrons. The highest BCUT2D eigenvalue weighted by molar-refractivity contribution is 7.89. The van der Waals surface area contributed by atoms with E-state index in [1.165, 1.54) is 17.5 Å². The summed E-state index contributed by atoms with van der Waals surface area (Å²) in [6.07, 6.45) is 0.300. The smallest absolute Gasteiger partial charge is 0.246 e. The number of hydrogen-bond donors (Lipinski definition) is 2.